The predicted molar refractivity (Wildman–Crippen MR) is 153 cm³/mol. The van der Waals surface area contributed by atoms with Gasteiger partial charge < -0.3 is 9.84 Å². The number of aliphatic hydroxyl groups is 1. The van der Waals surface area contributed by atoms with Crippen LogP contribution in [0.2, 0.25) is 0 Å². The summed E-state index contributed by atoms with van der Waals surface area (Å²) in [6.07, 6.45) is 7.97. The number of aromatic nitrogens is 4. The van der Waals surface area contributed by atoms with E-state index in [1.165, 1.54) is 5.56 Å². The van der Waals surface area contributed by atoms with Crippen LogP contribution >= 0.6 is 0 Å². The molecule has 3 aliphatic rings. The zero-order chi connectivity index (χ0) is 27.4. The number of pyridine rings is 1. The molecule has 3 aromatic rings. The molecule has 0 bridgehead atoms. The third-order valence-electron chi connectivity index (χ3n) is 9.25. The number of rotatable bonds is 8. The molecule has 1 atom stereocenters. The molecule has 3 fully saturated rings. The van der Waals surface area contributed by atoms with E-state index >= 15 is 0 Å². The zero-order valence-corrected chi connectivity index (χ0v) is 24.1. The molecule has 2 aromatic heterocycles. The molecule has 0 radical (unpaired) electrons. The molecule has 7 nitrogen and oxygen atoms in total. The van der Waals surface area contributed by atoms with E-state index in [0.29, 0.717) is 29.7 Å². The average molecular weight is 530 g/mol. The summed E-state index contributed by atoms with van der Waals surface area (Å²) in [4.78, 5) is 12.2. The highest BCUT2D eigenvalue weighted by Crippen LogP contribution is 2.51. The van der Waals surface area contributed by atoms with E-state index in [0.717, 1.165) is 74.5 Å². The predicted octanol–water partition coefficient (Wildman–Crippen LogP) is 5.66. The standard InChI is InChI=1S/C32H43N5O2/c1-21(2)23-6-8-26(9-7-23)32(38,31(5)19-36(20-31)22(3)4)27-16-25(17-33-18-27)29-34-30(24-12-14-39-15-13-24)37(35-29)28-10-11-28/h6-9,16-18,21-22,24,28,38H,10-15,19-20H2,1-5H3/t32-/m0/s1. The lowest BCUT2D eigenvalue weighted by Gasteiger charge is -2.58. The second-order valence-corrected chi connectivity index (χ2v) is 12.9. The summed E-state index contributed by atoms with van der Waals surface area (Å²) in [6, 6.07) is 11.5. The van der Waals surface area contributed by atoms with E-state index in [1.807, 2.05) is 12.4 Å². The Morgan fingerprint density at radius 2 is 1.67 bits per heavy atom. The van der Waals surface area contributed by atoms with Gasteiger partial charge in [0.25, 0.3) is 0 Å². The highest BCUT2D eigenvalue weighted by molar-refractivity contribution is 5.56. The van der Waals surface area contributed by atoms with E-state index in [9.17, 15) is 5.11 Å². The quantitative estimate of drug-likeness (QED) is 0.406. The lowest BCUT2D eigenvalue weighted by molar-refractivity contribution is -0.144. The lowest BCUT2D eigenvalue weighted by atomic mass is 9.61. The van der Waals surface area contributed by atoms with E-state index < -0.39 is 5.60 Å². The number of ether oxygens (including phenoxy) is 1. The minimum atomic E-state index is -1.19. The summed E-state index contributed by atoms with van der Waals surface area (Å²) >= 11 is 0. The summed E-state index contributed by atoms with van der Waals surface area (Å²) in [6.45, 7) is 14.2. The van der Waals surface area contributed by atoms with Crippen LogP contribution in [0, 0.1) is 5.41 Å². The van der Waals surface area contributed by atoms with Crippen LogP contribution in [-0.4, -0.2) is 62.1 Å². The third kappa shape index (κ3) is 4.72. The van der Waals surface area contributed by atoms with E-state index in [4.69, 9.17) is 14.8 Å². The van der Waals surface area contributed by atoms with Crippen LogP contribution in [0.15, 0.2) is 42.7 Å². The summed E-state index contributed by atoms with van der Waals surface area (Å²) in [5.41, 5.74) is 2.30. The molecule has 7 heteroatoms. The lowest BCUT2D eigenvalue weighted by Crippen LogP contribution is -2.66. The highest BCUT2D eigenvalue weighted by Gasteiger charge is 2.56. The molecule has 6 rings (SSSR count). The minimum Gasteiger partial charge on any atom is -0.381 e. The highest BCUT2D eigenvalue weighted by atomic mass is 16.5. The van der Waals surface area contributed by atoms with Crippen molar-refractivity contribution in [3.63, 3.8) is 0 Å². The van der Waals surface area contributed by atoms with Crippen LogP contribution in [0.5, 0.6) is 0 Å². The minimum absolute atomic E-state index is 0.356. The third-order valence-corrected chi connectivity index (χ3v) is 9.25. The fraction of sp³-hybridized carbons (Fsp3) is 0.594. The maximum Gasteiger partial charge on any atom is 0.182 e. The maximum absolute atomic E-state index is 12.8. The zero-order valence-electron chi connectivity index (χ0n) is 24.1. The van der Waals surface area contributed by atoms with Gasteiger partial charge in [0.1, 0.15) is 11.4 Å². The van der Waals surface area contributed by atoms with Crippen LogP contribution in [0.4, 0.5) is 0 Å². The molecule has 2 aliphatic heterocycles. The molecule has 4 heterocycles. The summed E-state index contributed by atoms with van der Waals surface area (Å²) in [7, 11) is 0. The number of benzene rings is 1. The Bertz CT molecular complexity index is 1300. The summed E-state index contributed by atoms with van der Waals surface area (Å²) in [5, 5.41) is 17.8. The van der Waals surface area contributed by atoms with Gasteiger partial charge in [0.15, 0.2) is 5.82 Å². The summed E-state index contributed by atoms with van der Waals surface area (Å²) < 4.78 is 7.78. The van der Waals surface area contributed by atoms with Gasteiger partial charge >= 0.3 is 0 Å². The molecule has 0 spiro atoms. The van der Waals surface area contributed by atoms with Crippen molar-refractivity contribution in [2.75, 3.05) is 26.3 Å². The summed E-state index contributed by atoms with van der Waals surface area (Å²) in [5.74, 6) is 2.60. The number of likely N-dealkylation sites (tertiary alicyclic amines) is 1. The van der Waals surface area contributed by atoms with Crippen molar-refractivity contribution >= 4 is 0 Å². The van der Waals surface area contributed by atoms with Gasteiger partial charge in [-0.15, -0.1) is 0 Å². The average Bonchev–Trinajstić information content (AvgIpc) is 3.68. The Labute approximate surface area is 232 Å². The number of nitrogens with zero attached hydrogens (tertiary/aromatic N) is 5. The van der Waals surface area contributed by atoms with Crippen LogP contribution < -0.4 is 0 Å². The molecular formula is C32H43N5O2. The topological polar surface area (TPSA) is 76.3 Å². The molecule has 2 saturated heterocycles. The first-order chi connectivity index (χ1) is 18.7. The van der Waals surface area contributed by atoms with Gasteiger partial charge in [-0.1, -0.05) is 45.0 Å². The van der Waals surface area contributed by atoms with Gasteiger partial charge in [0.2, 0.25) is 0 Å². The fourth-order valence-corrected chi connectivity index (χ4v) is 6.46. The Balaban J connectivity index is 1.41. The van der Waals surface area contributed by atoms with Crippen molar-refractivity contribution in [1.82, 2.24) is 24.6 Å². The molecule has 0 unspecified atom stereocenters. The van der Waals surface area contributed by atoms with Crippen LogP contribution in [0.25, 0.3) is 11.4 Å². The van der Waals surface area contributed by atoms with Crippen LogP contribution in [0.3, 0.4) is 0 Å². The Hall–Kier alpha value is -2.61. The van der Waals surface area contributed by atoms with Gasteiger partial charge in [0.05, 0.1) is 6.04 Å². The van der Waals surface area contributed by atoms with Crippen molar-refractivity contribution in [3.8, 4) is 11.4 Å². The number of hydrogen-bond acceptors (Lipinski definition) is 6. The van der Waals surface area contributed by atoms with Crippen molar-refractivity contribution in [3.05, 3.63) is 65.2 Å². The molecule has 1 aliphatic carbocycles. The second-order valence-electron chi connectivity index (χ2n) is 12.9. The van der Waals surface area contributed by atoms with Gasteiger partial charge in [-0.25, -0.2) is 9.67 Å². The van der Waals surface area contributed by atoms with Crippen molar-refractivity contribution in [1.29, 1.82) is 0 Å². The fourth-order valence-electron chi connectivity index (χ4n) is 6.46. The maximum atomic E-state index is 12.8. The van der Waals surface area contributed by atoms with Crippen molar-refractivity contribution < 1.29 is 9.84 Å². The monoisotopic (exact) mass is 529 g/mol. The Kier molecular flexibility index (Phi) is 6.89. The van der Waals surface area contributed by atoms with Crippen molar-refractivity contribution in [2.24, 2.45) is 5.41 Å². The Morgan fingerprint density at radius 1 is 0.974 bits per heavy atom. The molecule has 1 saturated carbocycles. The SMILES string of the molecule is CC(C)c1ccc([C@](O)(c2cncc(-c3nc(C4CCOCC4)n(C4CC4)n3)c2)C2(C)CN(C(C)C)C2)cc1. The second kappa shape index (κ2) is 10.1. The smallest absolute Gasteiger partial charge is 0.182 e. The first kappa shape index (κ1) is 26.6. The Morgan fingerprint density at radius 3 is 2.28 bits per heavy atom. The van der Waals surface area contributed by atoms with Gasteiger partial charge in [-0.2, -0.15) is 5.10 Å². The van der Waals surface area contributed by atoms with E-state index in [-0.39, 0.29) is 5.41 Å². The molecule has 1 aromatic carbocycles. The molecule has 0 amide bonds. The van der Waals surface area contributed by atoms with Gasteiger partial charge in [-0.3, -0.25) is 9.88 Å². The molecule has 39 heavy (non-hydrogen) atoms. The van der Waals surface area contributed by atoms with E-state index in [2.05, 4.69) is 79.5 Å². The largest absolute Gasteiger partial charge is 0.381 e. The van der Waals surface area contributed by atoms with E-state index in [1.54, 1.807) is 0 Å². The van der Waals surface area contributed by atoms with Gasteiger partial charge in [-0.05, 0) is 62.6 Å². The number of hydrogen-bond donors (Lipinski definition) is 1. The first-order valence-corrected chi connectivity index (χ1v) is 14.8. The normalized spacial score (nSPS) is 21.7. The molecular weight excluding hydrogens is 486 g/mol. The molecule has 1 N–H and O–H groups in total. The van der Waals surface area contributed by atoms with Gasteiger partial charge in [0, 0.05) is 67.2 Å². The molecule has 208 valence electrons. The van der Waals surface area contributed by atoms with Crippen LogP contribution in [0.1, 0.15) is 101 Å². The first-order valence-electron chi connectivity index (χ1n) is 14.8. The van der Waals surface area contributed by atoms with Crippen LogP contribution in [-0.2, 0) is 10.3 Å². The van der Waals surface area contributed by atoms with Crippen molar-refractivity contribution in [2.45, 2.75) is 89.8 Å².